The fourth-order valence-electron chi connectivity index (χ4n) is 2.80. The zero-order valence-electron chi connectivity index (χ0n) is 10.4. The van der Waals surface area contributed by atoms with Gasteiger partial charge < -0.3 is 4.74 Å². The number of benzene rings is 1. The number of hydrogen-bond acceptors (Lipinski definition) is 3. The maximum atomic E-state index is 11.8. The molecule has 1 aromatic heterocycles. The molecule has 0 spiro atoms. The van der Waals surface area contributed by atoms with Gasteiger partial charge in [0, 0.05) is 11.3 Å². The Morgan fingerprint density at radius 1 is 1.28 bits per heavy atom. The van der Waals surface area contributed by atoms with Crippen LogP contribution in [0.3, 0.4) is 0 Å². The van der Waals surface area contributed by atoms with E-state index in [1.165, 1.54) is 25.7 Å². The molecule has 2 aromatic rings. The molecule has 0 amide bonds. The second kappa shape index (κ2) is 4.44. The number of rotatable bonds is 2. The average Bonchev–Trinajstić information content (AvgIpc) is 2.93. The molecule has 94 valence electrons. The number of hydrogen-bond donors (Lipinski definition) is 1. The lowest BCUT2D eigenvalue weighted by atomic mass is 9.98. The standard InChI is InChI=1S/C14H16N2O2/c1-18-10-6-7-11-12(8-10)14(17)16-15-13(11)9-4-2-3-5-9/h6-9H,2-5H2,1H3,(H,16,17). The molecule has 4 nitrogen and oxygen atoms in total. The fourth-order valence-corrected chi connectivity index (χ4v) is 2.80. The lowest BCUT2D eigenvalue weighted by molar-refractivity contribution is 0.415. The second-order valence-corrected chi connectivity index (χ2v) is 4.83. The molecule has 0 unspecified atom stereocenters. The molecule has 1 saturated carbocycles. The van der Waals surface area contributed by atoms with Crippen molar-refractivity contribution in [2.24, 2.45) is 0 Å². The van der Waals surface area contributed by atoms with Gasteiger partial charge in [-0.15, -0.1) is 0 Å². The van der Waals surface area contributed by atoms with Crippen LogP contribution in [0.1, 0.15) is 37.3 Å². The normalized spacial score (nSPS) is 16.3. The minimum Gasteiger partial charge on any atom is -0.497 e. The van der Waals surface area contributed by atoms with Gasteiger partial charge in [0.1, 0.15) is 5.75 Å². The Balaban J connectivity index is 2.21. The molecule has 0 bridgehead atoms. The summed E-state index contributed by atoms with van der Waals surface area (Å²) in [5.74, 6) is 1.19. The van der Waals surface area contributed by atoms with E-state index in [0.29, 0.717) is 17.1 Å². The number of methoxy groups -OCH3 is 1. The minimum atomic E-state index is -0.148. The van der Waals surface area contributed by atoms with Crippen molar-refractivity contribution in [3.63, 3.8) is 0 Å². The van der Waals surface area contributed by atoms with Gasteiger partial charge >= 0.3 is 0 Å². The highest BCUT2D eigenvalue weighted by Crippen LogP contribution is 2.35. The summed E-state index contributed by atoms with van der Waals surface area (Å²) in [6.07, 6.45) is 4.84. The van der Waals surface area contributed by atoms with Crippen LogP contribution in [0.2, 0.25) is 0 Å². The number of nitrogens with zero attached hydrogens (tertiary/aromatic N) is 1. The van der Waals surface area contributed by atoms with Crippen LogP contribution >= 0.6 is 0 Å². The molecule has 0 saturated heterocycles. The van der Waals surface area contributed by atoms with E-state index in [-0.39, 0.29) is 5.56 Å². The van der Waals surface area contributed by atoms with Crippen molar-refractivity contribution in [2.75, 3.05) is 7.11 Å². The number of fused-ring (bicyclic) bond motifs is 1. The van der Waals surface area contributed by atoms with Gasteiger partial charge in [-0.2, -0.15) is 5.10 Å². The summed E-state index contributed by atoms with van der Waals surface area (Å²) in [5, 5.41) is 8.51. The van der Waals surface area contributed by atoms with Crippen LogP contribution in [0, 0.1) is 0 Å². The molecule has 0 radical (unpaired) electrons. The Morgan fingerprint density at radius 3 is 2.78 bits per heavy atom. The van der Waals surface area contributed by atoms with Crippen LogP contribution in [0.25, 0.3) is 10.8 Å². The number of H-pyrrole nitrogens is 1. The first-order chi connectivity index (χ1) is 8.79. The largest absolute Gasteiger partial charge is 0.497 e. The number of aromatic amines is 1. The molecule has 4 heteroatoms. The fraction of sp³-hybridized carbons (Fsp3) is 0.429. The highest BCUT2D eigenvalue weighted by molar-refractivity contribution is 5.85. The second-order valence-electron chi connectivity index (χ2n) is 4.83. The van der Waals surface area contributed by atoms with E-state index in [1.807, 2.05) is 12.1 Å². The minimum absolute atomic E-state index is 0.148. The van der Waals surface area contributed by atoms with Gasteiger partial charge in [0.25, 0.3) is 5.56 Å². The summed E-state index contributed by atoms with van der Waals surface area (Å²) in [7, 11) is 1.61. The SMILES string of the molecule is COc1ccc2c(C3CCCC3)n[nH]c(=O)c2c1. The Kier molecular flexibility index (Phi) is 2.78. The molecular weight excluding hydrogens is 228 g/mol. The Bertz CT molecular complexity index is 627. The predicted molar refractivity (Wildman–Crippen MR) is 70.1 cm³/mol. The summed E-state index contributed by atoms with van der Waals surface area (Å²) in [6, 6.07) is 5.63. The van der Waals surface area contributed by atoms with Crippen molar-refractivity contribution >= 4 is 10.8 Å². The third-order valence-corrected chi connectivity index (χ3v) is 3.77. The molecule has 18 heavy (non-hydrogen) atoms. The van der Waals surface area contributed by atoms with Crippen LogP contribution in [0.15, 0.2) is 23.0 Å². The highest BCUT2D eigenvalue weighted by atomic mass is 16.5. The van der Waals surface area contributed by atoms with Crippen molar-refractivity contribution in [1.82, 2.24) is 10.2 Å². The molecule has 0 atom stereocenters. The van der Waals surface area contributed by atoms with E-state index in [0.717, 1.165) is 11.1 Å². The monoisotopic (exact) mass is 244 g/mol. The molecular formula is C14H16N2O2. The topological polar surface area (TPSA) is 55.0 Å². The zero-order chi connectivity index (χ0) is 12.5. The number of aromatic nitrogens is 2. The van der Waals surface area contributed by atoms with E-state index in [1.54, 1.807) is 13.2 Å². The lowest BCUT2D eigenvalue weighted by Crippen LogP contribution is -2.12. The summed E-state index contributed by atoms with van der Waals surface area (Å²) in [6.45, 7) is 0. The first-order valence-electron chi connectivity index (χ1n) is 6.36. The van der Waals surface area contributed by atoms with Crippen LogP contribution < -0.4 is 10.3 Å². The van der Waals surface area contributed by atoms with Crippen molar-refractivity contribution in [2.45, 2.75) is 31.6 Å². The van der Waals surface area contributed by atoms with Gasteiger partial charge in [-0.05, 0) is 31.0 Å². The van der Waals surface area contributed by atoms with Crippen molar-refractivity contribution in [3.05, 3.63) is 34.2 Å². The maximum Gasteiger partial charge on any atom is 0.272 e. The molecule has 1 fully saturated rings. The summed E-state index contributed by atoms with van der Waals surface area (Å²) < 4.78 is 5.17. The van der Waals surface area contributed by atoms with E-state index in [2.05, 4.69) is 10.2 Å². The Labute approximate surface area is 105 Å². The lowest BCUT2D eigenvalue weighted by Gasteiger charge is -2.11. The molecule has 1 aliphatic carbocycles. The molecule has 1 N–H and O–H groups in total. The van der Waals surface area contributed by atoms with E-state index < -0.39 is 0 Å². The quantitative estimate of drug-likeness (QED) is 0.883. The molecule has 1 heterocycles. The zero-order valence-corrected chi connectivity index (χ0v) is 10.4. The van der Waals surface area contributed by atoms with Gasteiger partial charge in [-0.3, -0.25) is 4.79 Å². The number of ether oxygens (including phenoxy) is 1. The van der Waals surface area contributed by atoms with E-state index in [4.69, 9.17) is 4.74 Å². The van der Waals surface area contributed by atoms with Gasteiger partial charge in [-0.25, -0.2) is 5.10 Å². The molecule has 3 rings (SSSR count). The third-order valence-electron chi connectivity index (χ3n) is 3.77. The van der Waals surface area contributed by atoms with Crippen molar-refractivity contribution < 1.29 is 4.74 Å². The van der Waals surface area contributed by atoms with Gasteiger partial charge in [0.05, 0.1) is 18.2 Å². The first kappa shape index (κ1) is 11.3. The van der Waals surface area contributed by atoms with E-state index >= 15 is 0 Å². The summed E-state index contributed by atoms with van der Waals surface area (Å²) >= 11 is 0. The average molecular weight is 244 g/mol. The van der Waals surface area contributed by atoms with Crippen molar-refractivity contribution in [3.8, 4) is 5.75 Å². The Hall–Kier alpha value is -1.84. The first-order valence-corrected chi connectivity index (χ1v) is 6.36. The smallest absolute Gasteiger partial charge is 0.272 e. The van der Waals surface area contributed by atoms with Crippen LogP contribution in [-0.4, -0.2) is 17.3 Å². The predicted octanol–water partition coefficient (Wildman–Crippen LogP) is 2.59. The van der Waals surface area contributed by atoms with Crippen LogP contribution in [0.4, 0.5) is 0 Å². The molecule has 1 aromatic carbocycles. The molecule has 1 aliphatic rings. The van der Waals surface area contributed by atoms with E-state index in [9.17, 15) is 4.79 Å². The van der Waals surface area contributed by atoms with Crippen LogP contribution in [0.5, 0.6) is 5.75 Å². The number of nitrogens with one attached hydrogen (secondary N) is 1. The van der Waals surface area contributed by atoms with Crippen LogP contribution in [-0.2, 0) is 0 Å². The van der Waals surface area contributed by atoms with Gasteiger partial charge in [-0.1, -0.05) is 12.8 Å². The summed E-state index contributed by atoms with van der Waals surface area (Å²) in [4.78, 5) is 11.8. The van der Waals surface area contributed by atoms with Gasteiger partial charge in [0.2, 0.25) is 0 Å². The third kappa shape index (κ3) is 1.78. The van der Waals surface area contributed by atoms with Gasteiger partial charge in [0.15, 0.2) is 0 Å². The Morgan fingerprint density at radius 2 is 2.06 bits per heavy atom. The maximum absolute atomic E-state index is 11.8. The molecule has 0 aliphatic heterocycles. The summed E-state index contributed by atoms with van der Waals surface area (Å²) in [5.41, 5.74) is 0.885. The van der Waals surface area contributed by atoms with Crippen molar-refractivity contribution in [1.29, 1.82) is 0 Å². The highest BCUT2D eigenvalue weighted by Gasteiger charge is 2.21.